The van der Waals surface area contributed by atoms with E-state index < -0.39 is 9.05 Å². The van der Waals surface area contributed by atoms with Gasteiger partial charge in [0.25, 0.3) is 9.05 Å². The number of hydrogen-bond donors (Lipinski definition) is 0. The fourth-order valence-electron chi connectivity index (χ4n) is 3.34. The minimum atomic E-state index is -3.69. The van der Waals surface area contributed by atoms with Gasteiger partial charge in [0.2, 0.25) is 0 Å². The van der Waals surface area contributed by atoms with E-state index in [2.05, 4.69) is 35.9 Å². The molecule has 1 aliphatic heterocycles. The summed E-state index contributed by atoms with van der Waals surface area (Å²) in [6, 6.07) is 9.67. The second-order valence-corrected chi connectivity index (χ2v) is 9.16. The van der Waals surface area contributed by atoms with Crippen LogP contribution in [0, 0.1) is 0 Å². The first kappa shape index (κ1) is 18.4. The lowest BCUT2D eigenvalue weighted by atomic mass is 9.97. The molecule has 0 saturated carbocycles. The number of halogens is 1. The molecule has 1 aromatic heterocycles. The summed E-state index contributed by atoms with van der Waals surface area (Å²) >= 11 is 0. The summed E-state index contributed by atoms with van der Waals surface area (Å²) < 4.78 is 23.2. The Bertz CT molecular complexity index is 850. The molecule has 3 rings (SSSR count). The molecule has 134 valence electrons. The lowest BCUT2D eigenvalue weighted by Crippen LogP contribution is -2.33. The van der Waals surface area contributed by atoms with Crippen LogP contribution in [-0.2, 0) is 28.4 Å². The van der Waals surface area contributed by atoms with E-state index in [0.717, 1.165) is 37.1 Å². The molecule has 4 nitrogen and oxygen atoms in total. The van der Waals surface area contributed by atoms with Gasteiger partial charge in [0.05, 0.1) is 4.90 Å². The predicted molar refractivity (Wildman–Crippen MR) is 100 cm³/mol. The topological polar surface area (TPSA) is 50.3 Å². The first-order valence-corrected chi connectivity index (χ1v) is 10.9. The number of aryl methyl sites for hydroxylation is 1. The van der Waals surface area contributed by atoms with E-state index in [1.54, 1.807) is 12.1 Å². The van der Waals surface area contributed by atoms with Crippen molar-refractivity contribution in [3.8, 4) is 0 Å². The van der Waals surface area contributed by atoms with Crippen molar-refractivity contribution in [1.82, 2.24) is 9.88 Å². The molecule has 1 aliphatic rings. The molecule has 1 atom stereocenters. The van der Waals surface area contributed by atoms with Gasteiger partial charge in [-0.1, -0.05) is 25.5 Å². The second kappa shape index (κ2) is 7.44. The van der Waals surface area contributed by atoms with Crippen molar-refractivity contribution in [2.24, 2.45) is 0 Å². The Balaban J connectivity index is 1.79. The molecule has 0 fully saturated rings. The van der Waals surface area contributed by atoms with Gasteiger partial charge in [0.1, 0.15) is 0 Å². The van der Waals surface area contributed by atoms with Gasteiger partial charge in [0, 0.05) is 41.7 Å². The molecule has 2 aromatic rings. The summed E-state index contributed by atoms with van der Waals surface area (Å²) in [4.78, 5) is 7.08. The zero-order valence-electron chi connectivity index (χ0n) is 14.6. The highest BCUT2D eigenvalue weighted by Gasteiger charge is 2.23. The molecule has 25 heavy (non-hydrogen) atoms. The van der Waals surface area contributed by atoms with E-state index in [1.807, 2.05) is 12.3 Å². The number of nitrogens with zero attached hydrogens (tertiary/aromatic N) is 2. The van der Waals surface area contributed by atoms with E-state index in [0.29, 0.717) is 6.54 Å². The highest BCUT2D eigenvalue weighted by Crippen LogP contribution is 2.29. The van der Waals surface area contributed by atoms with Gasteiger partial charge in [-0.2, -0.15) is 0 Å². The summed E-state index contributed by atoms with van der Waals surface area (Å²) in [6.07, 6.45) is 4.96. The van der Waals surface area contributed by atoms with Crippen LogP contribution >= 0.6 is 10.7 Å². The Morgan fingerprint density at radius 2 is 2.04 bits per heavy atom. The maximum absolute atomic E-state index is 11.6. The molecule has 0 N–H and O–H groups in total. The third-order valence-corrected chi connectivity index (χ3v) is 6.24. The van der Waals surface area contributed by atoms with Crippen molar-refractivity contribution in [1.29, 1.82) is 0 Å². The van der Waals surface area contributed by atoms with Crippen molar-refractivity contribution < 1.29 is 8.42 Å². The fraction of sp³-hybridized carbons (Fsp3) is 0.421. The summed E-state index contributed by atoms with van der Waals surface area (Å²) in [5.41, 5.74) is 4.54. The minimum Gasteiger partial charge on any atom is -0.292 e. The van der Waals surface area contributed by atoms with E-state index in [1.165, 1.54) is 11.1 Å². The molecule has 6 heteroatoms. The molecule has 0 radical (unpaired) electrons. The van der Waals surface area contributed by atoms with Crippen molar-refractivity contribution in [3.63, 3.8) is 0 Å². The molecule has 0 saturated heterocycles. The predicted octanol–water partition coefficient (Wildman–Crippen LogP) is 4.08. The molecule has 2 heterocycles. The van der Waals surface area contributed by atoms with Crippen LogP contribution in [-0.4, -0.2) is 24.8 Å². The zero-order chi connectivity index (χ0) is 18.0. The zero-order valence-corrected chi connectivity index (χ0v) is 16.1. The summed E-state index contributed by atoms with van der Waals surface area (Å²) in [6.45, 7) is 5.98. The normalized spacial score (nSPS) is 16.4. The molecule has 0 unspecified atom stereocenters. The molecular weight excluding hydrogens is 356 g/mol. The van der Waals surface area contributed by atoms with Crippen LogP contribution in [0.15, 0.2) is 41.4 Å². The van der Waals surface area contributed by atoms with Gasteiger partial charge in [0.15, 0.2) is 0 Å². The van der Waals surface area contributed by atoms with E-state index in [4.69, 9.17) is 10.7 Å². The molecular formula is C19H23ClN2O2S. The van der Waals surface area contributed by atoms with Gasteiger partial charge in [-0.25, -0.2) is 8.42 Å². The highest BCUT2D eigenvalue weighted by atomic mass is 35.7. The van der Waals surface area contributed by atoms with Crippen LogP contribution in [0.25, 0.3) is 0 Å². The average molecular weight is 379 g/mol. The average Bonchev–Trinajstić information content (AvgIpc) is 2.60. The fourth-order valence-corrected chi connectivity index (χ4v) is 4.14. The first-order valence-electron chi connectivity index (χ1n) is 8.64. The lowest BCUT2D eigenvalue weighted by molar-refractivity contribution is 0.191. The van der Waals surface area contributed by atoms with Crippen LogP contribution in [0.4, 0.5) is 0 Å². The van der Waals surface area contributed by atoms with Gasteiger partial charge < -0.3 is 0 Å². The molecule has 0 aliphatic carbocycles. The Labute approximate surface area is 154 Å². The van der Waals surface area contributed by atoms with Crippen molar-refractivity contribution in [2.75, 3.05) is 6.54 Å². The Hall–Kier alpha value is -1.43. The van der Waals surface area contributed by atoms with E-state index in [-0.39, 0.29) is 10.9 Å². The number of fused-ring (bicyclic) bond motifs is 1. The number of pyridine rings is 1. The SMILES string of the molecule is CCCc1ccc([C@@H](C)N2CCc3ccc(S(=O)(=O)Cl)cc3C2)cn1. The standard InChI is InChI=1S/C19H23ClN2O2S/c1-3-4-18-7-5-16(12-21-18)14(2)22-10-9-15-6-8-19(25(20,23)24)11-17(15)13-22/h5-8,11-12,14H,3-4,9-10,13H2,1-2H3/t14-/m1/s1. The molecule has 1 aromatic carbocycles. The van der Waals surface area contributed by atoms with Crippen molar-refractivity contribution in [3.05, 3.63) is 58.9 Å². The maximum atomic E-state index is 11.6. The Morgan fingerprint density at radius 3 is 2.68 bits per heavy atom. The molecule has 0 spiro atoms. The molecule has 0 bridgehead atoms. The second-order valence-electron chi connectivity index (χ2n) is 6.60. The van der Waals surface area contributed by atoms with Gasteiger partial charge in [-0.05, 0) is 54.7 Å². The summed E-state index contributed by atoms with van der Waals surface area (Å²) in [5, 5.41) is 0. The maximum Gasteiger partial charge on any atom is 0.261 e. The number of aromatic nitrogens is 1. The number of benzene rings is 1. The summed E-state index contributed by atoms with van der Waals surface area (Å²) in [5.74, 6) is 0. The monoisotopic (exact) mass is 378 g/mol. The smallest absolute Gasteiger partial charge is 0.261 e. The number of rotatable bonds is 5. The first-order chi connectivity index (χ1) is 11.9. The van der Waals surface area contributed by atoms with Crippen LogP contribution in [0.2, 0.25) is 0 Å². The van der Waals surface area contributed by atoms with Crippen LogP contribution in [0.5, 0.6) is 0 Å². The quantitative estimate of drug-likeness (QED) is 0.735. The van der Waals surface area contributed by atoms with Crippen molar-refractivity contribution >= 4 is 19.7 Å². The van der Waals surface area contributed by atoms with Gasteiger partial charge in [-0.3, -0.25) is 9.88 Å². The summed E-state index contributed by atoms with van der Waals surface area (Å²) in [7, 11) is 1.79. The molecule has 0 amide bonds. The Kier molecular flexibility index (Phi) is 5.46. The van der Waals surface area contributed by atoms with Gasteiger partial charge in [-0.15, -0.1) is 0 Å². The van der Waals surface area contributed by atoms with Crippen LogP contribution in [0.1, 0.15) is 48.7 Å². The Morgan fingerprint density at radius 1 is 1.24 bits per heavy atom. The third kappa shape index (κ3) is 4.22. The van der Waals surface area contributed by atoms with Gasteiger partial charge >= 0.3 is 0 Å². The van der Waals surface area contributed by atoms with E-state index in [9.17, 15) is 8.42 Å². The number of hydrogen-bond acceptors (Lipinski definition) is 4. The third-order valence-electron chi connectivity index (χ3n) is 4.88. The van der Waals surface area contributed by atoms with Crippen LogP contribution in [0.3, 0.4) is 0 Å². The minimum absolute atomic E-state index is 0.174. The largest absolute Gasteiger partial charge is 0.292 e. The highest BCUT2D eigenvalue weighted by molar-refractivity contribution is 8.13. The van der Waals surface area contributed by atoms with Crippen molar-refractivity contribution in [2.45, 2.75) is 50.6 Å². The van der Waals surface area contributed by atoms with E-state index >= 15 is 0 Å². The van der Waals surface area contributed by atoms with Crippen LogP contribution < -0.4 is 0 Å². The lowest BCUT2D eigenvalue weighted by Gasteiger charge is -2.34.